The van der Waals surface area contributed by atoms with Crippen molar-refractivity contribution in [3.63, 3.8) is 0 Å². The lowest BCUT2D eigenvalue weighted by Crippen LogP contribution is -1.84. The topological polar surface area (TPSA) is 40.5 Å². The lowest BCUT2D eigenvalue weighted by atomic mass is 10.1. The van der Waals surface area contributed by atoms with Crippen molar-refractivity contribution in [2.45, 2.75) is 45.4 Å². The Kier molecular flexibility index (Phi) is 7.36. The van der Waals surface area contributed by atoms with Gasteiger partial charge in [0.1, 0.15) is 0 Å². The maximum atomic E-state index is 8.61. The molecule has 0 saturated heterocycles. The van der Waals surface area contributed by atoms with E-state index < -0.39 is 5.95 Å². The van der Waals surface area contributed by atoms with Crippen LogP contribution in [0.3, 0.4) is 0 Å². The summed E-state index contributed by atoms with van der Waals surface area (Å²) in [6.45, 7) is 2.18. The second-order valence-corrected chi connectivity index (χ2v) is 3.85. The van der Waals surface area contributed by atoms with Crippen molar-refractivity contribution in [1.82, 2.24) is 0 Å². The van der Waals surface area contributed by atoms with Crippen molar-refractivity contribution in [3.05, 3.63) is 10.4 Å². The zero-order valence-corrected chi connectivity index (χ0v) is 9.10. The first kappa shape index (κ1) is 11.8. The van der Waals surface area contributed by atoms with E-state index in [9.17, 15) is 0 Å². The summed E-state index contributed by atoms with van der Waals surface area (Å²) in [5, 5.41) is 17.2. The highest BCUT2D eigenvalue weighted by Crippen LogP contribution is 2.17. The van der Waals surface area contributed by atoms with Crippen LogP contribution in [0.15, 0.2) is 10.4 Å². The summed E-state index contributed by atoms with van der Waals surface area (Å²) in [4.78, 5) is 0. The van der Waals surface area contributed by atoms with Crippen LogP contribution in [0.1, 0.15) is 45.4 Å². The van der Waals surface area contributed by atoms with Gasteiger partial charge in [-0.15, -0.1) is 0 Å². The molecular formula is C9H17BrO2. The van der Waals surface area contributed by atoms with Gasteiger partial charge in [-0.05, 0) is 28.8 Å². The Morgan fingerprint density at radius 1 is 1.08 bits per heavy atom. The Hall–Kier alpha value is -0.180. The molecule has 2 nitrogen and oxygen atoms in total. The van der Waals surface area contributed by atoms with Crippen LogP contribution in [0.2, 0.25) is 0 Å². The van der Waals surface area contributed by atoms with Crippen molar-refractivity contribution < 1.29 is 10.2 Å². The molecular weight excluding hydrogens is 220 g/mol. The van der Waals surface area contributed by atoms with Gasteiger partial charge in [-0.1, -0.05) is 32.6 Å². The molecule has 0 aliphatic carbocycles. The van der Waals surface area contributed by atoms with E-state index in [1.165, 1.54) is 19.3 Å². The van der Waals surface area contributed by atoms with Gasteiger partial charge in [-0.3, -0.25) is 0 Å². The third-order valence-electron chi connectivity index (χ3n) is 1.74. The summed E-state index contributed by atoms with van der Waals surface area (Å²) in [5.74, 6) is -0.578. The molecule has 0 rings (SSSR count). The first-order valence-electron chi connectivity index (χ1n) is 4.45. The average molecular weight is 237 g/mol. The molecule has 72 valence electrons. The van der Waals surface area contributed by atoms with E-state index in [2.05, 4.69) is 22.9 Å². The number of unbranched alkanes of at least 4 members (excludes halogenated alkanes) is 4. The van der Waals surface area contributed by atoms with Gasteiger partial charge >= 0.3 is 0 Å². The average Bonchev–Trinajstić information content (AvgIpc) is 2.03. The maximum absolute atomic E-state index is 8.61. The number of rotatable bonds is 6. The third-order valence-corrected chi connectivity index (χ3v) is 2.49. The molecule has 2 N–H and O–H groups in total. The van der Waals surface area contributed by atoms with Gasteiger partial charge in [0.2, 0.25) is 0 Å². The van der Waals surface area contributed by atoms with Crippen LogP contribution in [0.25, 0.3) is 0 Å². The fourth-order valence-electron chi connectivity index (χ4n) is 0.996. The molecule has 0 amide bonds. The highest BCUT2D eigenvalue weighted by Gasteiger charge is 1.99. The van der Waals surface area contributed by atoms with E-state index >= 15 is 0 Å². The number of aliphatic hydroxyl groups excluding tert-OH is 1. The van der Waals surface area contributed by atoms with Crippen LogP contribution in [0, 0.1) is 0 Å². The van der Waals surface area contributed by atoms with Crippen molar-refractivity contribution in [1.29, 1.82) is 0 Å². The summed E-state index contributed by atoms with van der Waals surface area (Å²) in [5.41, 5.74) is 0. The number of hydrogen-bond acceptors (Lipinski definition) is 2. The first-order chi connectivity index (χ1) is 5.68. The Labute approximate surface area is 82.4 Å². The normalized spacial score (nSPS) is 9.83. The van der Waals surface area contributed by atoms with Gasteiger partial charge in [-0.2, -0.15) is 0 Å². The van der Waals surface area contributed by atoms with Crippen LogP contribution in [0.4, 0.5) is 0 Å². The highest BCUT2D eigenvalue weighted by molar-refractivity contribution is 9.11. The van der Waals surface area contributed by atoms with Gasteiger partial charge < -0.3 is 10.2 Å². The second kappa shape index (κ2) is 7.47. The largest absolute Gasteiger partial charge is 0.481 e. The van der Waals surface area contributed by atoms with E-state index in [1.807, 2.05) is 0 Å². The minimum absolute atomic E-state index is 0.513. The standard InChI is InChI=1S/C9H17BrO2/c1-2-3-4-5-6-7-8(10)9(11)12/h11-12H,2-7H2,1H3. The summed E-state index contributed by atoms with van der Waals surface area (Å²) in [7, 11) is 0. The minimum atomic E-state index is -0.578. The monoisotopic (exact) mass is 236 g/mol. The molecule has 0 spiro atoms. The van der Waals surface area contributed by atoms with Crippen molar-refractivity contribution in [3.8, 4) is 0 Å². The zero-order chi connectivity index (χ0) is 9.40. The van der Waals surface area contributed by atoms with E-state index in [-0.39, 0.29) is 0 Å². The third kappa shape index (κ3) is 6.53. The van der Waals surface area contributed by atoms with Crippen LogP contribution in [-0.2, 0) is 0 Å². The molecule has 0 aromatic carbocycles. The Morgan fingerprint density at radius 3 is 2.17 bits per heavy atom. The fourth-order valence-corrected chi connectivity index (χ4v) is 1.28. The molecule has 0 saturated carbocycles. The second-order valence-electron chi connectivity index (χ2n) is 2.89. The molecule has 12 heavy (non-hydrogen) atoms. The van der Waals surface area contributed by atoms with Crippen LogP contribution >= 0.6 is 15.9 Å². The molecule has 0 aliphatic heterocycles. The SMILES string of the molecule is CCCCCCCC(Br)=C(O)O. The molecule has 0 radical (unpaired) electrons. The quantitative estimate of drug-likeness (QED) is 0.540. The Bertz CT molecular complexity index is 139. The predicted octanol–water partition coefficient (Wildman–Crippen LogP) is 4.03. The predicted molar refractivity (Wildman–Crippen MR) is 54.6 cm³/mol. The van der Waals surface area contributed by atoms with Gasteiger partial charge in [-0.25, -0.2) is 0 Å². The number of aliphatic hydroxyl groups is 2. The number of hydrogen-bond donors (Lipinski definition) is 2. The van der Waals surface area contributed by atoms with Crippen LogP contribution < -0.4 is 0 Å². The smallest absolute Gasteiger partial charge is 0.284 e. The Balaban J connectivity index is 3.26. The molecule has 0 unspecified atom stereocenters. The van der Waals surface area contributed by atoms with Crippen LogP contribution in [0.5, 0.6) is 0 Å². The molecule has 0 aromatic rings. The Morgan fingerprint density at radius 2 is 1.67 bits per heavy atom. The molecule has 3 heteroatoms. The van der Waals surface area contributed by atoms with Gasteiger partial charge in [0.15, 0.2) is 0 Å². The number of allylic oxidation sites excluding steroid dienone is 1. The summed E-state index contributed by atoms with van der Waals surface area (Å²) < 4.78 is 0.513. The molecule has 0 atom stereocenters. The molecule has 0 fully saturated rings. The molecule has 0 aliphatic rings. The van der Waals surface area contributed by atoms with Gasteiger partial charge in [0.05, 0.1) is 4.48 Å². The molecule has 0 bridgehead atoms. The molecule has 0 heterocycles. The van der Waals surface area contributed by atoms with Crippen LogP contribution in [-0.4, -0.2) is 10.2 Å². The first-order valence-corrected chi connectivity index (χ1v) is 5.24. The summed E-state index contributed by atoms with van der Waals surface area (Å²) >= 11 is 3.09. The minimum Gasteiger partial charge on any atom is -0.481 e. The highest BCUT2D eigenvalue weighted by atomic mass is 79.9. The van der Waals surface area contributed by atoms with E-state index in [0.29, 0.717) is 4.48 Å². The van der Waals surface area contributed by atoms with Gasteiger partial charge in [0.25, 0.3) is 5.95 Å². The molecule has 0 aromatic heterocycles. The lowest BCUT2D eigenvalue weighted by Gasteiger charge is -1.99. The fraction of sp³-hybridized carbons (Fsp3) is 0.778. The van der Waals surface area contributed by atoms with E-state index in [1.54, 1.807) is 0 Å². The van der Waals surface area contributed by atoms with Crippen molar-refractivity contribution >= 4 is 15.9 Å². The summed E-state index contributed by atoms with van der Waals surface area (Å²) in [6.07, 6.45) is 6.66. The van der Waals surface area contributed by atoms with Crippen molar-refractivity contribution in [2.75, 3.05) is 0 Å². The van der Waals surface area contributed by atoms with E-state index in [4.69, 9.17) is 10.2 Å². The van der Waals surface area contributed by atoms with Gasteiger partial charge in [0, 0.05) is 0 Å². The zero-order valence-electron chi connectivity index (χ0n) is 7.52. The summed E-state index contributed by atoms with van der Waals surface area (Å²) in [6, 6.07) is 0. The van der Waals surface area contributed by atoms with E-state index in [0.717, 1.165) is 19.3 Å². The van der Waals surface area contributed by atoms with Crippen molar-refractivity contribution in [2.24, 2.45) is 0 Å². The maximum Gasteiger partial charge on any atom is 0.284 e. The number of halogens is 1. The lowest BCUT2D eigenvalue weighted by molar-refractivity contribution is 0.187.